The third kappa shape index (κ3) is 4.49. The Balaban J connectivity index is 2.46. The first-order chi connectivity index (χ1) is 8.56. The number of carbonyl (C=O) groups is 2. The van der Waals surface area contributed by atoms with E-state index >= 15 is 0 Å². The molecule has 0 spiro atoms. The maximum Gasteiger partial charge on any atom is 0.303 e. The molecule has 18 heavy (non-hydrogen) atoms. The molecule has 4 nitrogen and oxygen atoms in total. The fourth-order valence-electron chi connectivity index (χ4n) is 1.62. The molecule has 1 atom stereocenters. The van der Waals surface area contributed by atoms with Gasteiger partial charge in [-0.05, 0) is 24.5 Å². The highest BCUT2D eigenvalue weighted by molar-refractivity contribution is 7.14. The molecule has 1 heterocycles. The van der Waals surface area contributed by atoms with Crippen LogP contribution in [-0.2, 0) is 11.2 Å². The third-order valence-corrected chi connectivity index (χ3v) is 4.05. The molecule has 0 aliphatic carbocycles. The van der Waals surface area contributed by atoms with E-state index in [4.69, 9.17) is 5.11 Å². The quantitative estimate of drug-likeness (QED) is 0.799. The van der Waals surface area contributed by atoms with Crippen molar-refractivity contribution >= 4 is 23.2 Å². The summed E-state index contributed by atoms with van der Waals surface area (Å²) in [5.41, 5.74) is 0. The van der Waals surface area contributed by atoms with E-state index < -0.39 is 5.97 Å². The number of carbonyl (C=O) groups excluding carboxylic acids is 1. The number of aryl methyl sites for hydroxylation is 1. The van der Waals surface area contributed by atoms with Gasteiger partial charge in [0.25, 0.3) is 5.91 Å². The van der Waals surface area contributed by atoms with Crippen LogP contribution in [-0.4, -0.2) is 23.5 Å². The van der Waals surface area contributed by atoms with Crippen LogP contribution in [0.25, 0.3) is 0 Å². The number of nitrogens with one attached hydrogen (secondary N) is 1. The molecule has 0 saturated carbocycles. The Kier molecular flexibility index (Phi) is 5.85. The predicted octanol–water partition coefficient (Wildman–Crippen LogP) is 2.54. The summed E-state index contributed by atoms with van der Waals surface area (Å²) in [6, 6.07) is 3.77. The Morgan fingerprint density at radius 1 is 1.39 bits per heavy atom. The minimum Gasteiger partial charge on any atom is -0.481 e. The molecule has 0 bridgehead atoms. The van der Waals surface area contributed by atoms with Gasteiger partial charge in [0.1, 0.15) is 0 Å². The second-order valence-electron chi connectivity index (χ2n) is 4.20. The molecule has 0 aromatic carbocycles. The van der Waals surface area contributed by atoms with Crippen LogP contribution in [0.1, 0.15) is 41.2 Å². The van der Waals surface area contributed by atoms with Gasteiger partial charge < -0.3 is 10.4 Å². The zero-order valence-corrected chi connectivity index (χ0v) is 11.5. The van der Waals surface area contributed by atoms with Gasteiger partial charge in [-0.3, -0.25) is 9.59 Å². The van der Waals surface area contributed by atoms with E-state index in [1.54, 1.807) is 0 Å². The number of hydrogen-bond acceptors (Lipinski definition) is 3. The van der Waals surface area contributed by atoms with Gasteiger partial charge >= 0.3 is 5.97 Å². The lowest BCUT2D eigenvalue weighted by atomic mass is 10.0. The Hall–Kier alpha value is -1.36. The van der Waals surface area contributed by atoms with E-state index in [-0.39, 0.29) is 18.2 Å². The number of carboxylic acid groups (broad SMARTS) is 1. The first-order valence-corrected chi connectivity index (χ1v) is 6.97. The van der Waals surface area contributed by atoms with Crippen molar-refractivity contribution in [3.05, 3.63) is 21.9 Å². The molecule has 1 amide bonds. The van der Waals surface area contributed by atoms with Crippen LogP contribution in [0.5, 0.6) is 0 Å². The SMILES string of the molecule is CCc1ccc(C(=O)NCC(CC)CC(=O)O)s1. The Morgan fingerprint density at radius 3 is 2.61 bits per heavy atom. The zero-order valence-electron chi connectivity index (χ0n) is 10.7. The number of carboxylic acids is 1. The van der Waals surface area contributed by atoms with Crippen LogP contribution >= 0.6 is 11.3 Å². The van der Waals surface area contributed by atoms with Crippen molar-refractivity contribution in [1.29, 1.82) is 0 Å². The van der Waals surface area contributed by atoms with Gasteiger partial charge in [-0.25, -0.2) is 0 Å². The largest absolute Gasteiger partial charge is 0.481 e. The van der Waals surface area contributed by atoms with Crippen LogP contribution in [0.4, 0.5) is 0 Å². The highest BCUT2D eigenvalue weighted by atomic mass is 32.1. The number of hydrogen-bond donors (Lipinski definition) is 2. The van der Waals surface area contributed by atoms with Gasteiger partial charge in [0.05, 0.1) is 4.88 Å². The lowest BCUT2D eigenvalue weighted by molar-refractivity contribution is -0.138. The summed E-state index contributed by atoms with van der Waals surface area (Å²) in [7, 11) is 0. The van der Waals surface area contributed by atoms with E-state index in [0.29, 0.717) is 11.4 Å². The van der Waals surface area contributed by atoms with Crippen molar-refractivity contribution in [2.24, 2.45) is 5.92 Å². The fourth-order valence-corrected chi connectivity index (χ4v) is 2.49. The smallest absolute Gasteiger partial charge is 0.303 e. The minimum atomic E-state index is -0.819. The molecule has 0 radical (unpaired) electrons. The second-order valence-corrected chi connectivity index (χ2v) is 5.37. The zero-order chi connectivity index (χ0) is 13.5. The number of amides is 1. The van der Waals surface area contributed by atoms with Gasteiger partial charge in [0, 0.05) is 17.8 Å². The van der Waals surface area contributed by atoms with E-state index in [9.17, 15) is 9.59 Å². The molecule has 1 unspecified atom stereocenters. The van der Waals surface area contributed by atoms with Crippen molar-refractivity contribution < 1.29 is 14.7 Å². The van der Waals surface area contributed by atoms with Crippen LogP contribution in [0.15, 0.2) is 12.1 Å². The molecule has 1 aromatic heterocycles. The van der Waals surface area contributed by atoms with Gasteiger partial charge in [-0.15, -0.1) is 11.3 Å². The molecule has 0 fully saturated rings. The average Bonchev–Trinajstić information content (AvgIpc) is 2.82. The summed E-state index contributed by atoms with van der Waals surface area (Å²) in [5, 5.41) is 11.5. The summed E-state index contributed by atoms with van der Waals surface area (Å²) >= 11 is 1.49. The number of aliphatic carboxylic acids is 1. The summed E-state index contributed by atoms with van der Waals surface area (Å²) in [4.78, 5) is 24.3. The molecule has 0 aliphatic heterocycles. The maximum atomic E-state index is 11.8. The summed E-state index contributed by atoms with van der Waals surface area (Å²) in [6.45, 7) is 4.40. The molecule has 1 aromatic rings. The Bertz CT molecular complexity index is 414. The highest BCUT2D eigenvalue weighted by Crippen LogP contribution is 2.17. The first kappa shape index (κ1) is 14.7. The molecule has 0 saturated heterocycles. The topological polar surface area (TPSA) is 66.4 Å². The Labute approximate surface area is 111 Å². The lowest BCUT2D eigenvalue weighted by Crippen LogP contribution is -2.29. The molecule has 1 rings (SSSR count). The fraction of sp³-hybridized carbons (Fsp3) is 0.538. The Morgan fingerprint density at radius 2 is 2.11 bits per heavy atom. The summed E-state index contributed by atoms with van der Waals surface area (Å²) in [5.74, 6) is -0.930. The molecule has 100 valence electrons. The van der Waals surface area contributed by atoms with Crippen molar-refractivity contribution in [3.63, 3.8) is 0 Å². The molecule has 0 aliphatic rings. The summed E-state index contributed by atoms with van der Waals surface area (Å²) in [6.07, 6.45) is 1.77. The van der Waals surface area contributed by atoms with Gasteiger partial charge in [0.15, 0.2) is 0 Å². The van der Waals surface area contributed by atoms with Crippen molar-refractivity contribution in [1.82, 2.24) is 5.32 Å². The minimum absolute atomic E-state index is 0.00272. The van der Waals surface area contributed by atoms with E-state index in [0.717, 1.165) is 12.8 Å². The van der Waals surface area contributed by atoms with Crippen molar-refractivity contribution in [3.8, 4) is 0 Å². The van der Waals surface area contributed by atoms with Gasteiger partial charge in [-0.2, -0.15) is 0 Å². The predicted molar refractivity (Wildman–Crippen MR) is 72.1 cm³/mol. The summed E-state index contributed by atoms with van der Waals surface area (Å²) < 4.78 is 0. The van der Waals surface area contributed by atoms with E-state index in [1.165, 1.54) is 16.2 Å². The standard InChI is InChI=1S/C13H19NO3S/c1-3-9(7-12(15)16)8-14-13(17)11-6-5-10(4-2)18-11/h5-6,9H,3-4,7-8H2,1-2H3,(H,14,17)(H,15,16). The van der Waals surface area contributed by atoms with Crippen LogP contribution in [0.2, 0.25) is 0 Å². The van der Waals surface area contributed by atoms with Gasteiger partial charge in [-0.1, -0.05) is 20.3 Å². The van der Waals surface area contributed by atoms with Crippen molar-refractivity contribution in [2.45, 2.75) is 33.1 Å². The van der Waals surface area contributed by atoms with Crippen molar-refractivity contribution in [2.75, 3.05) is 6.54 Å². The first-order valence-electron chi connectivity index (χ1n) is 6.15. The molecule has 2 N–H and O–H groups in total. The second kappa shape index (κ2) is 7.16. The average molecular weight is 269 g/mol. The maximum absolute atomic E-state index is 11.8. The monoisotopic (exact) mass is 269 g/mol. The molecular weight excluding hydrogens is 250 g/mol. The normalized spacial score (nSPS) is 12.1. The van der Waals surface area contributed by atoms with Crippen LogP contribution in [0.3, 0.4) is 0 Å². The van der Waals surface area contributed by atoms with E-state index in [2.05, 4.69) is 5.32 Å². The van der Waals surface area contributed by atoms with Crippen LogP contribution in [0, 0.1) is 5.92 Å². The third-order valence-electron chi connectivity index (χ3n) is 2.83. The van der Waals surface area contributed by atoms with Gasteiger partial charge in [0.2, 0.25) is 0 Å². The molecule has 5 heteroatoms. The van der Waals surface area contributed by atoms with Crippen LogP contribution < -0.4 is 5.32 Å². The number of rotatable bonds is 7. The lowest BCUT2D eigenvalue weighted by Gasteiger charge is -2.12. The van der Waals surface area contributed by atoms with E-state index in [1.807, 2.05) is 26.0 Å². The molecular formula is C13H19NO3S. The number of thiophene rings is 1. The highest BCUT2D eigenvalue weighted by Gasteiger charge is 2.14.